The van der Waals surface area contributed by atoms with E-state index in [2.05, 4.69) is 22.0 Å². The Labute approximate surface area is 94.5 Å². The first-order valence-electron chi connectivity index (χ1n) is 4.22. The molecule has 3 N–H and O–H groups in total. The lowest BCUT2D eigenvalue weighted by Gasteiger charge is -2.08. The predicted molar refractivity (Wildman–Crippen MR) is 64.8 cm³/mol. The molecule has 1 aromatic carbocycles. The molecular formula is C10H10BrNOS. The maximum Gasteiger partial charge on any atom is 0.0716 e. The average Bonchev–Trinajstić information content (AvgIpc) is 2.64. The summed E-state index contributed by atoms with van der Waals surface area (Å²) in [6.07, 6.45) is 0. The van der Waals surface area contributed by atoms with E-state index in [-0.39, 0.29) is 6.61 Å². The highest BCUT2D eigenvalue weighted by atomic mass is 79.9. The maximum atomic E-state index is 9.27. The molecule has 0 aliphatic rings. The number of aliphatic hydroxyl groups excluding tert-OH is 1. The summed E-state index contributed by atoms with van der Waals surface area (Å²) in [6, 6.07) is 4.11. The van der Waals surface area contributed by atoms with Crippen molar-refractivity contribution >= 4 is 43.0 Å². The van der Waals surface area contributed by atoms with Crippen LogP contribution in [-0.2, 0) is 11.9 Å². The van der Waals surface area contributed by atoms with E-state index in [4.69, 9.17) is 5.73 Å². The van der Waals surface area contributed by atoms with Crippen LogP contribution in [0.5, 0.6) is 0 Å². The molecule has 0 aliphatic heterocycles. The Morgan fingerprint density at radius 1 is 1.50 bits per heavy atom. The summed E-state index contributed by atoms with van der Waals surface area (Å²) in [6.45, 7) is 0.00366. The van der Waals surface area contributed by atoms with Gasteiger partial charge in [-0.25, -0.2) is 0 Å². The molecule has 2 rings (SSSR count). The summed E-state index contributed by atoms with van der Waals surface area (Å²) in [5.41, 5.74) is 8.55. The van der Waals surface area contributed by atoms with E-state index in [0.29, 0.717) is 5.69 Å². The van der Waals surface area contributed by atoms with Gasteiger partial charge in [-0.05, 0) is 28.5 Å². The van der Waals surface area contributed by atoms with E-state index in [0.717, 1.165) is 26.5 Å². The van der Waals surface area contributed by atoms with Crippen molar-refractivity contribution in [3.63, 3.8) is 0 Å². The van der Waals surface area contributed by atoms with Crippen molar-refractivity contribution in [2.75, 3.05) is 5.73 Å². The Morgan fingerprint density at radius 2 is 2.29 bits per heavy atom. The number of nitrogens with two attached hydrogens (primary N) is 1. The number of rotatable bonds is 2. The summed E-state index contributed by atoms with van der Waals surface area (Å²) >= 11 is 5.00. The smallest absolute Gasteiger partial charge is 0.0716 e. The lowest BCUT2D eigenvalue weighted by Crippen LogP contribution is -1.98. The Morgan fingerprint density at radius 3 is 2.93 bits per heavy atom. The van der Waals surface area contributed by atoms with Crippen LogP contribution in [0.4, 0.5) is 5.69 Å². The lowest BCUT2D eigenvalue weighted by molar-refractivity contribution is 0.284. The molecule has 0 saturated heterocycles. The Bertz CT molecular complexity index is 466. The Kier molecular flexibility index (Phi) is 2.76. The van der Waals surface area contributed by atoms with Gasteiger partial charge in [-0.1, -0.05) is 15.9 Å². The number of alkyl halides is 1. The van der Waals surface area contributed by atoms with Gasteiger partial charge in [0.2, 0.25) is 0 Å². The van der Waals surface area contributed by atoms with E-state index in [1.54, 1.807) is 11.3 Å². The molecular weight excluding hydrogens is 262 g/mol. The van der Waals surface area contributed by atoms with Crippen LogP contribution in [0, 0.1) is 0 Å². The molecule has 1 aromatic heterocycles. The van der Waals surface area contributed by atoms with E-state index in [9.17, 15) is 5.11 Å². The molecule has 0 atom stereocenters. The molecule has 2 aromatic rings. The fourth-order valence-corrected chi connectivity index (χ4v) is 2.92. The van der Waals surface area contributed by atoms with Crippen LogP contribution in [0.1, 0.15) is 11.1 Å². The minimum absolute atomic E-state index is 0.00366. The highest BCUT2D eigenvalue weighted by Crippen LogP contribution is 2.32. The van der Waals surface area contributed by atoms with Gasteiger partial charge in [-0.2, -0.15) is 0 Å². The number of benzene rings is 1. The summed E-state index contributed by atoms with van der Waals surface area (Å²) in [7, 11) is 0. The monoisotopic (exact) mass is 271 g/mol. The minimum Gasteiger partial charge on any atom is -0.398 e. The van der Waals surface area contributed by atoms with Crippen LogP contribution in [0.15, 0.2) is 17.5 Å². The fraction of sp³-hybridized carbons (Fsp3) is 0.200. The second-order valence-corrected chi connectivity index (χ2v) is 4.54. The Balaban J connectivity index is 2.80. The standard InChI is InChI=1S/C10H10BrNOS/c11-4-7-3-6-1-2-14-10(6)8(5-13)9(7)12/h1-3,13H,4-5,12H2. The molecule has 0 amide bonds. The topological polar surface area (TPSA) is 46.2 Å². The minimum atomic E-state index is 0.00366. The van der Waals surface area contributed by atoms with Crippen LogP contribution < -0.4 is 5.73 Å². The molecule has 0 bridgehead atoms. The van der Waals surface area contributed by atoms with E-state index >= 15 is 0 Å². The number of hydrogen-bond acceptors (Lipinski definition) is 3. The van der Waals surface area contributed by atoms with Gasteiger partial charge in [0.1, 0.15) is 0 Å². The molecule has 1 heterocycles. The largest absolute Gasteiger partial charge is 0.398 e. The van der Waals surface area contributed by atoms with Crippen LogP contribution in [0.25, 0.3) is 10.1 Å². The SMILES string of the molecule is Nc1c(CBr)cc2ccsc2c1CO. The van der Waals surface area contributed by atoms with Gasteiger partial charge in [-0.3, -0.25) is 0 Å². The maximum absolute atomic E-state index is 9.27. The average molecular weight is 272 g/mol. The van der Waals surface area contributed by atoms with Crippen LogP contribution >= 0.6 is 27.3 Å². The quantitative estimate of drug-likeness (QED) is 0.652. The van der Waals surface area contributed by atoms with Gasteiger partial charge in [-0.15, -0.1) is 11.3 Å². The first kappa shape index (κ1) is 9.96. The third-order valence-electron chi connectivity index (χ3n) is 2.27. The van der Waals surface area contributed by atoms with E-state index < -0.39 is 0 Å². The molecule has 0 radical (unpaired) electrons. The first-order chi connectivity index (χ1) is 6.77. The molecule has 0 spiro atoms. The molecule has 4 heteroatoms. The van der Waals surface area contributed by atoms with Crippen molar-refractivity contribution in [1.82, 2.24) is 0 Å². The number of thiophene rings is 1. The fourth-order valence-electron chi connectivity index (χ4n) is 1.53. The third-order valence-corrected chi connectivity index (χ3v) is 3.87. The van der Waals surface area contributed by atoms with Gasteiger partial charge >= 0.3 is 0 Å². The molecule has 2 nitrogen and oxygen atoms in total. The first-order valence-corrected chi connectivity index (χ1v) is 6.22. The number of fused-ring (bicyclic) bond motifs is 1. The summed E-state index contributed by atoms with van der Waals surface area (Å²) in [5, 5.41) is 13.2. The molecule has 74 valence electrons. The Hall–Kier alpha value is -0.580. The van der Waals surface area contributed by atoms with Crippen molar-refractivity contribution in [3.05, 3.63) is 28.6 Å². The molecule has 0 unspecified atom stereocenters. The molecule has 0 fully saturated rings. The zero-order chi connectivity index (χ0) is 10.1. The van der Waals surface area contributed by atoms with Crippen molar-refractivity contribution in [2.24, 2.45) is 0 Å². The van der Waals surface area contributed by atoms with Crippen LogP contribution in [-0.4, -0.2) is 5.11 Å². The van der Waals surface area contributed by atoms with Crippen molar-refractivity contribution in [3.8, 4) is 0 Å². The predicted octanol–water partition coefficient (Wildman–Crippen LogP) is 2.87. The van der Waals surface area contributed by atoms with Gasteiger partial charge in [0.05, 0.1) is 6.61 Å². The summed E-state index contributed by atoms with van der Waals surface area (Å²) in [5.74, 6) is 0. The van der Waals surface area contributed by atoms with Crippen molar-refractivity contribution < 1.29 is 5.11 Å². The van der Waals surface area contributed by atoms with Gasteiger partial charge in [0.15, 0.2) is 0 Å². The van der Waals surface area contributed by atoms with Crippen molar-refractivity contribution in [1.29, 1.82) is 0 Å². The normalized spacial score (nSPS) is 11.0. The number of halogens is 1. The number of hydrogen-bond donors (Lipinski definition) is 2. The van der Waals surface area contributed by atoms with Crippen LogP contribution in [0.2, 0.25) is 0 Å². The van der Waals surface area contributed by atoms with Crippen molar-refractivity contribution in [2.45, 2.75) is 11.9 Å². The molecule has 0 saturated carbocycles. The van der Waals surface area contributed by atoms with E-state index in [1.807, 2.05) is 11.4 Å². The zero-order valence-electron chi connectivity index (χ0n) is 7.46. The second kappa shape index (κ2) is 3.88. The highest BCUT2D eigenvalue weighted by Gasteiger charge is 2.10. The van der Waals surface area contributed by atoms with Gasteiger partial charge in [0.25, 0.3) is 0 Å². The third kappa shape index (κ3) is 1.43. The number of aliphatic hydroxyl groups is 1. The lowest BCUT2D eigenvalue weighted by atomic mass is 10.1. The van der Waals surface area contributed by atoms with E-state index in [1.165, 1.54) is 0 Å². The second-order valence-electron chi connectivity index (χ2n) is 3.06. The number of nitrogen functional groups attached to an aromatic ring is 1. The molecule has 0 aliphatic carbocycles. The highest BCUT2D eigenvalue weighted by molar-refractivity contribution is 9.08. The molecule has 14 heavy (non-hydrogen) atoms. The number of anilines is 1. The summed E-state index contributed by atoms with van der Waals surface area (Å²) in [4.78, 5) is 0. The van der Waals surface area contributed by atoms with Gasteiger partial charge in [0, 0.05) is 21.3 Å². The zero-order valence-corrected chi connectivity index (χ0v) is 9.86. The van der Waals surface area contributed by atoms with Crippen LogP contribution in [0.3, 0.4) is 0 Å². The summed E-state index contributed by atoms with van der Waals surface area (Å²) < 4.78 is 1.09. The van der Waals surface area contributed by atoms with Gasteiger partial charge < -0.3 is 10.8 Å².